The zero-order chi connectivity index (χ0) is 24.5. The van der Waals surface area contributed by atoms with Crippen molar-refractivity contribution in [3.63, 3.8) is 0 Å². The highest BCUT2D eigenvalue weighted by Gasteiger charge is 2.28. The van der Waals surface area contributed by atoms with Crippen molar-refractivity contribution in [2.75, 3.05) is 11.9 Å². The maximum absolute atomic E-state index is 14.7. The molecule has 1 amide bonds. The highest BCUT2D eigenvalue weighted by atomic mass is 19.3. The normalized spacial score (nSPS) is 12.9. The van der Waals surface area contributed by atoms with E-state index >= 15 is 0 Å². The maximum Gasteiger partial charge on any atom is 0.272 e. The van der Waals surface area contributed by atoms with Gasteiger partial charge in [0.05, 0.1) is 35.4 Å². The molecule has 0 bridgehead atoms. The number of nitrogens with zero attached hydrogens (tertiary/aromatic N) is 4. The summed E-state index contributed by atoms with van der Waals surface area (Å²) < 4.78 is 39.5. The summed E-state index contributed by atoms with van der Waals surface area (Å²) in [5.74, 6) is -1.14. The molecule has 0 fully saturated rings. The molecule has 0 unspecified atom stereocenters. The van der Waals surface area contributed by atoms with E-state index in [0.717, 1.165) is 0 Å². The molecule has 178 valence electrons. The Morgan fingerprint density at radius 1 is 1.14 bits per heavy atom. The third kappa shape index (κ3) is 4.57. The standard InChI is InChI=1S/C24H19F3N6O2/c25-18-6-5-13(8-19-15-3-1-2-4-16(15)22(34)32-31-19)7-17(18)23(35)33-11-14-9-28-24(29-10-21(26)27)30-20(14)12-33/h1-7,9,21H,8,10-12H2,(H,32,34)(H,28,29,30). The zero-order valence-corrected chi connectivity index (χ0v) is 18.3. The Balaban J connectivity index is 1.37. The number of fused-ring (bicyclic) bond motifs is 2. The van der Waals surface area contributed by atoms with Crippen LogP contribution in [0.4, 0.5) is 19.1 Å². The molecule has 4 aromatic rings. The molecule has 0 atom stereocenters. The molecule has 3 heterocycles. The second kappa shape index (κ2) is 9.16. The van der Waals surface area contributed by atoms with Crippen molar-refractivity contribution in [1.29, 1.82) is 0 Å². The molecule has 0 spiro atoms. The van der Waals surface area contributed by atoms with Gasteiger partial charge in [-0.25, -0.2) is 28.2 Å². The third-order valence-corrected chi connectivity index (χ3v) is 5.77. The van der Waals surface area contributed by atoms with Gasteiger partial charge in [0.25, 0.3) is 17.9 Å². The zero-order valence-electron chi connectivity index (χ0n) is 18.3. The molecule has 2 N–H and O–H groups in total. The third-order valence-electron chi connectivity index (χ3n) is 5.77. The number of alkyl halides is 2. The van der Waals surface area contributed by atoms with E-state index in [4.69, 9.17) is 0 Å². The number of amides is 1. The van der Waals surface area contributed by atoms with E-state index in [1.54, 1.807) is 30.3 Å². The lowest BCUT2D eigenvalue weighted by Crippen LogP contribution is -2.26. The smallest absolute Gasteiger partial charge is 0.272 e. The Morgan fingerprint density at radius 2 is 1.94 bits per heavy atom. The van der Waals surface area contributed by atoms with Crippen molar-refractivity contribution in [3.05, 3.63) is 92.9 Å². The van der Waals surface area contributed by atoms with Gasteiger partial charge in [-0.1, -0.05) is 24.3 Å². The van der Waals surface area contributed by atoms with E-state index in [0.29, 0.717) is 33.3 Å². The predicted octanol–water partition coefficient (Wildman–Crippen LogP) is 3.28. The molecule has 11 heteroatoms. The highest BCUT2D eigenvalue weighted by molar-refractivity contribution is 5.95. The molecule has 35 heavy (non-hydrogen) atoms. The lowest BCUT2D eigenvalue weighted by atomic mass is 10.0. The second-order valence-corrected chi connectivity index (χ2v) is 8.13. The first-order valence-corrected chi connectivity index (χ1v) is 10.8. The molecule has 0 radical (unpaired) electrons. The van der Waals surface area contributed by atoms with Crippen molar-refractivity contribution in [3.8, 4) is 0 Å². The number of anilines is 1. The van der Waals surface area contributed by atoms with Crippen LogP contribution in [0.2, 0.25) is 0 Å². The van der Waals surface area contributed by atoms with Crippen LogP contribution >= 0.6 is 0 Å². The minimum Gasteiger partial charge on any atom is -0.348 e. The minimum atomic E-state index is -2.55. The molecule has 1 aliphatic heterocycles. The first kappa shape index (κ1) is 22.5. The Hall–Kier alpha value is -4.28. The summed E-state index contributed by atoms with van der Waals surface area (Å²) in [6.07, 6.45) is -0.796. The Kier molecular flexibility index (Phi) is 5.89. The summed E-state index contributed by atoms with van der Waals surface area (Å²) in [4.78, 5) is 34.8. The lowest BCUT2D eigenvalue weighted by Gasteiger charge is -2.16. The van der Waals surface area contributed by atoms with Gasteiger partial charge in [-0.3, -0.25) is 9.59 Å². The molecule has 5 rings (SSSR count). The molecule has 0 aliphatic carbocycles. The van der Waals surface area contributed by atoms with Gasteiger partial charge in [0, 0.05) is 30.1 Å². The topological polar surface area (TPSA) is 104 Å². The summed E-state index contributed by atoms with van der Waals surface area (Å²) in [7, 11) is 0. The maximum atomic E-state index is 14.7. The van der Waals surface area contributed by atoms with E-state index in [1.165, 1.54) is 23.2 Å². The summed E-state index contributed by atoms with van der Waals surface area (Å²) >= 11 is 0. The quantitative estimate of drug-likeness (QED) is 0.439. The average molecular weight is 480 g/mol. The largest absolute Gasteiger partial charge is 0.348 e. The van der Waals surface area contributed by atoms with E-state index in [1.807, 2.05) is 0 Å². The number of benzene rings is 2. The van der Waals surface area contributed by atoms with E-state index < -0.39 is 24.7 Å². The Labute approximate surface area is 196 Å². The van der Waals surface area contributed by atoms with Crippen molar-refractivity contribution in [2.45, 2.75) is 25.9 Å². The van der Waals surface area contributed by atoms with Crippen LogP contribution in [0.15, 0.2) is 53.5 Å². The van der Waals surface area contributed by atoms with E-state index in [2.05, 4.69) is 25.5 Å². The van der Waals surface area contributed by atoms with Crippen molar-refractivity contribution in [1.82, 2.24) is 25.1 Å². The summed E-state index contributed by atoms with van der Waals surface area (Å²) in [5, 5.41) is 10.2. The van der Waals surface area contributed by atoms with Gasteiger partial charge in [0.2, 0.25) is 5.95 Å². The fraction of sp³-hybridized carbons (Fsp3) is 0.208. The van der Waals surface area contributed by atoms with Gasteiger partial charge in [-0.15, -0.1) is 0 Å². The number of hydrogen-bond donors (Lipinski definition) is 2. The Bertz CT molecular complexity index is 1490. The number of halogens is 3. The Morgan fingerprint density at radius 3 is 2.74 bits per heavy atom. The van der Waals surface area contributed by atoms with Gasteiger partial charge in [-0.2, -0.15) is 5.10 Å². The monoisotopic (exact) mass is 480 g/mol. The number of aromatic amines is 1. The first-order chi connectivity index (χ1) is 16.9. The lowest BCUT2D eigenvalue weighted by molar-refractivity contribution is 0.0745. The number of nitrogens with one attached hydrogen (secondary N) is 2. The van der Waals surface area contributed by atoms with Gasteiger partial charge in [-0.05, 0) is 23.8 Å². The molecular formula is C24H19F3N6O2. The molecule has 0 saturated heterocycles. The number of rotatable bonds is 6. The van der Waals surface area contributed by atoms with Crippen molar-refractivity contribution >= 4 is 22.6 Å². The van der Waals surface area contributed by atoms with Crippen molar-refractivity contribution in [2.24, 2.45) is 0 Å². The molecule has 2 aromatic heterocycles. The number of carbonyl (C=O) groups excluding carboxylic acids is 1. The van der Waals surface area contributed by atoms with E-state index in [9.17, 15) is 22.8 Å². The van der Waals surface area contributed by atoms with Crippen LogP contribution < -0.4 is 10.9 Å². The average Bonchev–Trinajstić information content (AvgIpc) is 3.29. The van der Waals surface area contributed by atoms with Crippen LogP contribution in [-0.4, -0.2) is 43.9 Å². The summed E-state index contributed by atoms with van der Waals surface area (Å²) in [5.41, 5.74) is 2.02. The first-order valence-electron chi connectivity index (χ1n) is 10.8. The molecular weight excluding hydrogens is 461 g/mol. The summed E-state index contributed by atoms with van der Waals surface area (Å²) in [6.45, 7) is -0.298. The summed E-state index contributed by atoms with van der Waals surface area (Å²) in [6, 6.07) is 11.3. The molecule has 8 nitrogen and oxygen atoms in total. The van der Waals surface area contributed by atoms with Crippen LogP contribution in [0.1, 0.15) is 32.9 Å². The van der Waals surface area contributed by atoms with E-state index in [-0.39, 0.29) is 36.6 Å². The van der Waals surface area contributed by atoms with Crippen LogP contribution in [0, 0.1) is 5.82 Å². The fourth-order valence-corrected chi connectivity index (χ4v) is 4.07. The van der Waals surface area contributed by atoms with Gasteiger partial charge in [0.1, 0.15) is 5.82 Å². The molecule has 0 saturated carbocycles. The minimum absolute atomic E-state index is 0.0483. The number of carbonyl (C=O) groups is 1. The highest BCUT2D eigenvalue weighted by Crippen LogP contribution is 2.25. The van der Waals surface area contributed by atoms with Gasteiger partial charge >= 0.3 is 0 Å². The van der Waals surface area contributed by atoms with Gasteiger partial charge < -0.3 is 10.2 Å². The molecule has 2 aromatic carbocycles. The van der Waals surface area contributed by atoms with Crippen molar-refractivity contribution < 1.29 is 18.0 Å². The molecule has 1 aliphatic rings. The van der Waals surface area contributed by atoms with Crippen LogP contribution in [0.25, 0.3) is 10.8 Å². The number of H-pyrrole nitrogens is 1. The van der Waals surface area contributed by atoms with Crippen LogP contribution in [0.3, 0.4) is 0 Å². The predicted molar refractivity (Wildman–Crippen MR) is 122 cm³/mol. The van der Waals surface area contributed by atoms with Gasteiger partial charge in [0.15, 0.2) is 0 Å². The SMILES string of the molecule is O=C(c1cc(Cc2n[nH]c(=O)c3ccccc23)ccc1F)N1Cc2cnc(NCC(F)F)nc2C1. The fourth-order valence-electron chi connectivity index (χ4n) is 4.07. The number of hydrogen-bond acceptors (Lipinski definition) is 6. The number of aromatic nitrogens is 4. The van der Waals surface area contributed by atoms with Crippen LogP contribution in [-0.2, 0) is 19.5 Å². The second-order valence-electron chi connectivity index (χ2n) is 8.13. The van der Waals surface area contributed by atoms with Crippen LogP contribution in [0.5, 0.6) is 0 Å².